The number of rotatable bonds is 2. The van der Waals surface area contributed by atoms with E-state index in [1.165, 1.54) is 11.3 Å². The van der Waals surface area contributed by atoms with E-state index in [1.807, 2.05) is 17.5 Å². The molecule has 3 nitrogen and oxygen atoms in total. The van der Waals surface area contributed by atoms with Gasteiger partial charge in [0.1, 0.15) is 6.29 Å². The van der Waals surface area contributed by atoms with E-state index in [4.69, 9.17) is 5.73 Å². The van der Waals surface area contributed by atoms with E-state index >= 15 is 0 Å². The average Bonchev–Trinajstić information content (AvgIpc) is 2.65. The van der Waals surface area contributed by atoms with Crippen LogP contribution in [0.3, 0.4) is 0 Å². The molecule has 0 aliphatic carbocycles. The predicted octanol–water partition coefficient (Wildman–Crippen LogP) is 2.20. The first-order valence-corrected chi connectivity index (χ1v) is 4.94. The van der Waals surface area contributed by atoms with Gasteiger partial charge in [-0.05, 0) is 6.07 Å². The summed E-state index contributed by atoms with van der Waals surface area (Å²) in [5.74, 6) is 0. The minimum absolute atomic E-state index is 0.538. The Balaban J connectivity index is 2.46. The first kappa shape index (κ1) is 8.90. The molecule has 0 spiro atoms. The summed E-state index contributed by atoms with van der Waals surface area (Å²) in [6.45, 7) is 0. The van der Waals surface area contributed by atoms with E-state index in [9.17, 15) is 4.79 Å². The van der Waals surface area contributed by atoms with Crippen molar-refractivity contribution in [2.24, 2.45) is 0 Å². The number of hydrogen-bond acceptors (Lipinski definition) is 4. The van der Waals surface area contributed by atoms with Crippen molar-refractivity contribution in [1.82, 2.24) is 4.98 Å². The van der Waals surface area contributed by atoms with E-state index in [1.54, 1.807) is 12.1 Å². The molecule has 2 N–H and O–H groups in total. The monoisotopic (exact) mass is 204 g/mol. The van der Waals surface area contributed by atoms with Crippen LogP contribution in [0.25, 0.3) is 11.3 Å². The minimum atomic E-state index is 0.538. The molecule has 1 aromatic heterocycles. The Hall–Kier alpha value is -1.68. The smallest absolute Gasteiger partial charge is 0.180 e. The summed E-state index contributed by atoms with van der Waals surface area (Å²) in [5, 5.41) is 2.41. The van der Waals surface area contributed by atoms with Gasteiger partial charge in [-0.3, -0.25) is 4.79 Å². The summed E-state index contributed by atoms with van der Waals surface area (Å²) in [4.78, 5) is 14.7. The van der Waals surface area contributed by atoms with Crippen molar-refractivity contribution in [3.63, 3.8) is 0 Å². The van der Waals surface area contributed by atoms with Gasteiger partial charge in [0, 0.05) is 16.5 Å². The molecule has 2 aromatic rings. The van der Waals surface area contributed by atoms with Gasteiger partial charge in [0.25, 0.3) is 0 Å². The fourth-order valence-electron chi connectivity index (χ4n) is 1.19. The Morgan fingerprint density at radius 3 is 2.93 bits per heavy atom. The highest BCUT2D eigenvalue weighted by Gasteiger charge is 2.02. The highest BCUT2D eigenvalue weighted by molar-refractivity contribution is 7.13. The molecule has 0 unspecified atom stereocenters. The number of nitrogens with two attached hydrogens (primary N) is 1. The molecule has 0 aliphatic heterocycles. The third-order valence-corrected chi connectivity index (χ3v) is 2.51. The van der Waals surface area contributed by atoms with Crippen LogP contribution in [-0.4, -0.2) is 11.3 Å². The molecule has 0 amide bonds. The maximum absolute atomic E-state index is 10.6. The second-order valence-corrected chi connectivity index (χ2v) is 3.70. The zero-order valence-corrected chi connectivity index (χ0v) is 8.12. The van der Waals surface area contributed by atoms with E-state index in [-0.39, 0.29) is 0 Å². The predicted molar refractivity (Wildman–Crippen MR) is 57.3 cm³/mol. The number of aldehydes is 1. The zero-order valence-electron chi connectivity index (χ0n) is 7.31. The Morgan fingerprint density at radius 2 is 2.29 bits per heavy atom. The quantitative estimate of drug-likeness (QED) is 0.763. The largest absolute Gasteiger partial charge is 0.375 e. The molecular formula is C10H8N2OS. The molecule has 70 valence electrons. The number of nitrogens with zero attached hydrogens (tertiary/aromatic N) is 1. The van der Waals surface area contributed by atoms with Crippen LogP contribution in [0.15, 0.2) is 29.6 Å². The van der Waals surface area contributed by atoms with Gasteiger partial charge in [0.05, 0.1) is 5.69 Å². The lowest BCUT2D eigenvalue weighted by Crippen LogP contribution is -1.84. The average molecular weight is 204 g/mol. The summed E-state index contributed by atoms with van der Waals surface area (Å²) in [7, 11) is 0. The van der Waals surface area contributed by atoms with E-state index in [2.05, 4.69) is 4.98 Å². The molecule has 0 aliphatic rings. The lowest BCUT2D eigenvalue weighted by molar-refractivity contribution is 0.112. The highest BCUT2D eigenvalue weighted by atomic mass is 32.1. The van der Waals surface area contributed by atoms with Crippen LogP contribution in [-0.2, 0) is 0 Å². The number of nitrogen functional groups attached to an aromatic ring is 1. The minimum Gasteiger partial charge on any atom is -0.375 e. The van der Waals surface area contributed by atoms with E-state index < -0.39 is 0 Å². The fraction of sp³-hybridized carbons (Fsp3) is 0. The molecule has 0 bridgehead atoms. The number of benzene rings is 1. The molecule has 0 radical (unpaired) electrons. The summed E-state index contributed by atoms with van der Waals surface area (Å²) in [6, 6.07) is 7.28. The maximum Gasteiger partial charge on any atom is 0.180 e. The zero-order chi connectivity index (χ0) is 9.97. The second-order valence-electron chi connectivity index (χ2n) is 2.81. The molecule has 0 saturated heterocycles. The Bertz CT molecular complexity index is 465. The van der Waals surface area contributed by atoms with Crippen LogP contribution in [0, 0.1) is 0 Å². The maximum atomic E-state index is 10.6. The summed E-state index contributed by atoms with van der Waals surface area (Å²) in [6.07, 6.45) is 0.819. The molecular weight excluding hydrogens is 196 g/mol. The molecule has 14 heavy (non-hydrogen) atoms. The van der Waals surface area contributed by atoms with Gasteiger partial charge in [-0.15, -0.1) is 11.3 Å². The van der Waals surface area contributed by atoms with Gasteiger partial charge < -0.3 is 5.73 Å². The van der Waals surface area contributed by atoms with Crippen molar-refractivity contribution in [3.8, 4) is 11.3 Å². The lowest BCUT2D eigenvalue weighted by atomic mass is 10.1. The third-order valence-electron chi connectivity index (χ3n) is 1.84. The fourth-order valence-corrected chi connectivity index (χ4v) is 1.76. The van der Waals surface area contributed by atoms with Crippen LogP contribution >= 0.6 is 11.3 Å². The molecule has 1 heterocycles. The van der Waals surface area contributed by atoms with E-state index in [0.29, 0.717) is 10.7 Å². The Morgan fingerprint density at radius 1 is 1.43 bits per heavy atom. The highest BCUT2D eigenvalue weighted by Crippen LogP contribution is 2.23. The normalized spacial score (nSPS) is 10.0. The van der Waals surface area contributed by atoms with Crippen LogP contribution in [0.5, 0.6) is 0 Å². The van der Waals surface area contributed by atoms with Crippen LogP contribution in [0.2, 0.25) is 0 Å². The van der Waals surface area contributed by atoms with Gasteiger partial charge in [0.15, 0.2) is 5.13 Å². The van der Waals surface area contributed by atoms with Crippen molar-refractivity contribution in [1.29, 1.82) is 0 Å². The SMILES string of the molecule is Nc1nc(-c2cccc(C=O)c2)cs1. The molecule has 1 aromatic carbocycles. The number of aromatic nitrogens is 1. The van der Waals surface area contributed by atoms with Crippen molar-refractivity contribution < 1.29 is 4.79 Å². The first-order valence-electron chi connectivity index (χ1n) is 4.06. The number of hydrogen-bond donors (Lipinski definition) is 1. The van der Waals surface area contributed by atoms with E-state index in [0.717, 1.165) is 17.5 Å². The summed E-state index contributed by atoms with van der Waals surface area (Å²) < 4.78 is 0. The van der Waals surface area contributed by atoms with Crippen molar-refractivity contribution in [2.45, 2.75) is 0 Å². The second kappa shape index (κ2) is 3.59. The van der Waals surface area contributed by atoms with Gasteiger partial charge in [-0.2, -0.15) is 0 Å². The number of anilines is 1. The Kier molecular flexibility index (Phi) is 2.28. The topological polar surface area (TPSA) is 56.0 Å². The molecule has 0 atom stereocenters. The van der Waals surface area contributed by atoms with Crippen LogP contribution in [0.4, 0.5) is 5.13 Å². The van der Waals surface area contributed by atoms with Gasteiger partial charge in [-0.1, -0.05) is 18.2 Å². The first-order chi connectivity index (χ1) is 6.79. The van der Waals surface area contributed by atoms with Crippen LogP contribution < -0.4 is 5.73 Å². The number of carbonyl (C=O) groups is 1. The number of carbonyl (C=O) groups excluding carboxylic acids is 1. The molecule has 4 heteroatoms. The molecule has 0 saturated carbocycles. The van der Waals surface area contributed by atoms with Crippen molar-refractivity contribution >= 4 is 22.8 Å². The lowest BCUT2D eigenvalue weighted by Gasteiger charge is -1.96. The van der Waals surface area contributed by atoms with Gasteiger partial charge in [0.2, 0.25) is 0 Å². The van der Waals surface area contributed by atoms with Crippen LogP contribution in [0.1, 0.15) is 10.4 Å². The summed E-state index contributed by atoms with van der Waals surface area (Å²) in [5.41, 5.74) is 7.91. The van der Waals surface area contributed by atoms with Gasteiger partial charge in [-0.25, -0.2) is 4.98 Å². The Labute approximate surface area is 85.2 Å². The van der Waals surface area contributed by atoms with Gasteiger partial charge >= 0.3 is 0 Å². The standard InChI is InChI=1S/C10H8N2OS/c11-10-12-9(6-14-10)8-3-1-2-7(4-8)5-13/h1-6H,(H2,11,12). The molecule has 2 rings (SSSR count). The van der Waals surface area contributed by atoms with Crippen molar-refractivity contribution in [2.75, 3.05) is 5.73 Å². The molecule has 0 fully saturated rings. The summed E-state index contributed by atoms with van der Waals surface area (Å²) >= 11 is 1.39. The number of thiazole rings is 1. The van der Waals surface area contributed by atoms with Crippen molar-refractivity contribution in [3.05, 3.63) is 35.2 Å². The third kappa shape index (κ3) is 1.65.